The van der Waals surface area contributed by atoms with E-state index in [4.69, 9.17) is 27.5 Å². The number of nitrogen functional groups attached to an aromatic ring is 1. The fourth-order valence-corrected chi connectivity index (χ4v) is 1.96. The number of aliphatic hydroxyl groups excluding tert-OH is 2. The molecule has 20 heavy (non-hydrogen) atoms. The van der Waals surface area contributed by atoms with Gasteiger partial charge in [-0.25, -0.2) is 0 Å². The van der Waals surface area contributed by atoms with Gasteiger partial charge in [0.2, 0.25) is 5.91 Å². The molecule has 6 nitrogen and oxygen atoms in total. The minimum atomic E-state index is -0.183. The molecule has 0 atom stereocenters. The van der Waals surface area contributed by atoms with Crippen LogP contribution in [0.25, 0.3) is 0 Å². The number of benzene rings is 1. The summed E-state index contributed by atoms with van der Waals surface area (Å²) in [5, 5.41) is 20.8. The lowest BCUT2D eigenvalue weighted by atomic mass is 10.2. The Morgan fingerprint density at radius 3 is 2.45 bits per heavy atom. The summed E-state index contributed by atoms with van der Waals surface area (Å²) in [5.41, 5.74) is 6.62. The van der Waals surface area contributed by atoms with Crippen molar-refractivity contribution in [3.05, 3.63) is 23.2 Å². The highest BCUT2D eigenvalue weighted by atomic mass is 35.5. The Bertz CT molecular complexity index is 437. The second-order valence-corrected chi connectivity index (χ2v) is 4.73. The van der Waals surface area contributed by atoms with Gasteiger partial charge in [-0.1, -0.05) is 11.6 Å². The van der Waals surface area contributed by atoms with Crippen LogP contribution in [-0.2, 0) is 4.79 Å². The molecule has 0 aromatic heterocycles. The maximum Gasteiger partial charge on any atom is 0.225 e. The first-order chi connectivity index (χ1) is 9.56. The van der Waals surface area contributed by atoms with Crippen LogP contribution in [0.15, 0.2) is 18.2 Å². The summed E-state index contributed by atoms with van der Waals surface area (Å²) in [5.74, 6) is -0.183. The Hall–Kier alpha value is -1.34. The summed E-state index contributed by atoms with van der Waals surface area (Å²) in [6, 6.07) is 4.88. The maximum absolute atomic E-state index is 11.8. The molecule has 112 valence electrons. The first-order valence-corrected chi connectivity index (χ1v) is 6.73. The van der Waals surface area contributed by atoms with Crippen molar-refractivity contribution in [1.29, 1.82) is 0 Å². The number of halogens is 1. The van der Waals surface area contributed by atoms with Gasteiger partial charge < -0.3 is 21.3 Å². The number of carbonyl (C=O) groups excluding carboxylic acids is 1. The van der Waals surface area contributed by atoms with Gasteiger partial charge >= 0.3 is 0 Å². The number of hydrogen-bond donors (Lipinski definition) is 4. The Labute approximate surface area is 123 Å². The topological polar surface area (TPSA) is 98.8 Å². The zero-order valence-electron chi connectivity index (χ0n) is 11.2. The SMILES string of the molecule is Nc1ccc(NC(=O)CCN(CCO)CCO)c(Cl)c1. The van der Waals surface area contributed by atoms with Crippen LogP contribution >= 0.6 is 11.6 Å². The number of carbonyl (C=O) groups is 1. The van der Waals surface area contributed by atoms with Gasteiger partial charge in [-0.3, -0.25) is 9.69 Å². The predicted octanol–water partition coefficient (Wildman–Crippen LogP) is 0.537. The molecule has 1 amide bonds. The van der Waals surface area contributed by atoms with Gasteiger partial charge in [-0.15, -0.1) is 0 Å². The summed E-state index contributed by atoms with van der Waals surface area (Å²) in [6.07, 6.45) is 0.251. The van der Waals surface area contributed by atoms with E-state index >= 15 is 0 Å². The number of aliphatic hydroxyl groups is 2. The second-order valence-electron chi connectivity index (χ2n) is 4.33. The van der Waals surface area contributed by atoms with Crippen LogP contribution < -0.4 is 11.1 Å². The number of amides is 1. The van der Waals surface area contributed by atoms with Crippen molar-refractivity contribution in [1.82, 2.24) is 4.90 Å². The van der Waals surface area contributed by atoms with Crippen LogP contribution in [0.2, 0.25) is 5.02 Å². The van der Waals surface area contributed by atoms with Crippen molar-refractivity contribution >= 4 is 28.9 Å². The van der Waals surface area contributed by atoms with Gasteiger partial charge in [0.15, 0.2) is 0 Å². The average Bonchev–Trinajstić information content (AvgIpc) is 2.40. The second kappa shape index (κ2) is 8.76. The molecule has 0 spiro atoms. The van der Waals surface area contributed by atoms with Crippen molar-refractivity contribution < 1.29 is 15.0 Å². The van der Waals surface area contributed by atoms with Crippen molar-refractivity contribution in [2.24, 2.45) is 0 Å². The first-order valence-electron chi connectivity index (χ1n) is 6.35. The highest BCUT2D eigenvalue weighted by Crippen LogP contribution is 2.24. The van der Waals surface area contributed by atoms with Crippen LogP contribution in [0.4, 0.5) is 11.4 Å². The molecule has 0 heterocycles. The van der Waals surface area contributed by atoms with E-state index in [1.165, 1.54) is 0 Å². The summed E-state index contributed by atoms with van der Waals surface area (Å²) < 4.78 is 0. The number of hydrogen-bond acceptors (Lipinski definition) is 5. The van der Waals surface area contributed by atoms with E-state index in [0.29, 0.717) is 36.0 Å². The molecule has 0 unspecified atom stereocenters. The summed E-state index contributed by atoms with van der Waals surface area (Å²) >= 11 is 5.96. The molecule has 0 saturated carbocycles. The minimum absolute atomic E-state index is 0.00852. The molecule has 1 rings (SSSR count). The number of nitrogens with one attached hydrogen (secondary N) is 1. The van der Waals surface area contributed by atoms with E-state index in [1.54, 1.807) is 18.2 Å². The van der Waals surface area contributed by atoms with Crippen molar-refractivity contribution in [3.63, 3.8) is 0 Å². The first kappa shape index (κ1) is 16.7. The van der Waals surface area contributed by atoms with Gasteiger partial charge in [0.1, 0.15) is 0 Å². The molecular formula is C13H20ClN3O3. The summed E-state index contributed by atoms with van der Waals surface area (Å²) in [6.45, 7) is 1.29. The van der Waals surface area contributed by atoms with E-state index in [1.807, 2.05) is 4.90 Å². The van der Waals surface area contributed by atoms with E-state index in [2.05, 4.69) is 5.32 Å². The molecular weight excluding hydrogens is 282 g/mol. The van der Waals surface area contributed by atoms with Crippen LogP contribution in [0.5, 0.6) is 0 Å². The van der Waals surface area contributed by atoms with Crippen LogP contribution in [0.1, 0.15) is 6.42 Å². The van der Waals surface area contributed by atoms with Crippen LogP contribution in [-0.4, -0.2) is 53.9 Å². The van der Waals surface area contributed by atoms with Gasteiger partial charge in [0.25, 0.3) is 0 Å². The molecule has 0 bridgehead atoms. The molecule has 0 aliphatic rings. The third-order valence-corrected chi connectivity index (χ3v) is 3.07. The lowest BCUT2D eigenvalue weighted by Gasteiger charge is -2.19. The quantitative estimate of drug-likeness (QED) is 0.525. The van der Waals surface area contributed by atoms with Gasteiger partial charge in [0, 0.05) is 31.7 Å². The number of anilines is 2. The third kappa shape index (κ3) is 5.75. The highest BCUT2D eigenvalue weighted by Gasteiger charge is 2.09. The van der Waals surface area contributed by atoms with Crippen molar-refractivity contribution in [2.75, 3.05) is 43.9 Å². The van der Waals surface area contributed by atoms with E-state index in [-0.39, 0.29) is 25.5 Å². The summed E-state index contributed by atoms with van der Waals surface area (Å²) in [7, 11) is 0. The minimum Gasteiger partial charge on any atom is -0.399 e. The lowest BCUT2D eigenvalue weighted by molar-refractivity contribution is -0.116. The molecule has 5 N–H and O–H groups in total. The highest BCUT2D eigenvalue weighted by molar-refractivity contribution is 6.34. The van der Waals surface area contributed by atoms with Crippen molar-refractivity contribution in [2.45, 2.75) is 6.42 Å². The third-order valence-electron chi connectivity index (χ3n) is 2.75. The molecule has 0 aliphatic heterocycles. The molecule has 7 heteroatoms. The normalized spacial score (nSPS) is 10.8. The molecule has 0 radical (unpaired) electrons. The Kier molecular flexibility index (Phi) is 7.32. The molecule has 0 fully saturated rings. The molecule has 0 saturated heterocycles. The standard InChI is InChI=1S/C13H20ClN3O3/c14-11-9-10(15)1-2-12(11)16-13(20)3-4-17(5-7-18)6-8-19/h1-2,9,18-19H,3-8,15H2,(H,16,20). The molecule has 0 aliphatic carbocycles. The zero-order chi connectivity index (χ0) is 15.0. The summed E-state index contributed by atoms with van der Waals surface area (Å²) in [4.78, 5) is 13.6. The van der Waals surface area contributed by atoms with E-state index in [9.17, 15) is 4.79 Å². The monoisotopic (exact) mass is 301 g/mol. The van der Waals surface area contributed by atoms with E-state index < -0.39 is 0 Å². The number of rotatable bonds is 8. The van der Waals surface area contributed by atoms with Gasteiger partial charge in [0.05, 0.1) is 23.9 Å². The Morgan fingerprint density at radius 2 is 1.90 bits per heavy atom. The van der Waals surface area contributed by atoms with E-state index in [0.717, 1.165) is 0 Å². The Morgan fingerprint density at radius 1 is 1.25 bits per heavy atom. The van der Waals surface area contributed by atoms with Crippen molar-refractivity contribution in [3.8, 4) is 0 Å². The fourth-order valence-electron chi connectivity index (χ4n) is 1.72. The van der Waals surface area contributed by atoms with Crippen LogP contribution in [0, 0.1) is 0 Å². The smallest absolute Gasteiger partial charge is 0.225 e. The lowest BCUT2D eigenvalue weighted by Crippen LogP contribution is -2.32. The maximum atomic E-state index is 11.8. The number of nitrogens with zero attached hydrogens (tertiary/aromatic N) is 1. The van der Waals surface area contributed by atoms with Crippen LogP contribution in [0.3, 0.4) is 0 Å². The average molecular weight is 302 g/mol. The van der Waals surface area contributed by atoms with Gasteiger partial charge in [-0.05, 0) is 18.2 Å². The Balaban J connectivity index is 2.46. The fraction of sp³-hybridized carbons (Fsp3) is 0.462. The predicted molar refractivity (Wildman–Crippen MR) is 79.7 cm³/mol. The number of nitrogens with two attached hydrogens (primary N) is 1. The molecule has 1 aromatic carbocycles. The molecule has 1 aromatic rings. The largest absolute Gasteiger partial charge is 0.399 e. The zero-order valence-corrected chi connectivity index (χ0v) is 11.9. The van der Waals surface area contributed by atoms with Gasteiger partial charge in [-0.2, -0.15) is 0 Å².